The van der Waals surface area contributed by atoms with Gasteiger partial charge in [-0.15, -0.1) is 0 Å². The summed E-state index contributed by atoms with van der Waals surface area (Å²) in [5.74, 6) is -0.398. The monoisotopic (exact) mass is 429 g/mol. The SMILES string of the molecule is CC(NC(=O)c1cnn(-c2ccc([N+](=O)[O-])cc2)c1)c1ccccc1NS(C)(=O)=O. The Kier molecular flexibility index (Phi) is 5.83. The van der Waals surface area contributed by atoms with E-state index in [2.05, 4.69) is 15.1 Å². The molecule has 0 bridgehead atoms. The largest absolute Gasteiger partial charge is 0.345 e. The third-order valence-electron chi connectivity index (χ3n) is 4.24. The molecule has 1 aromatic heterocycles. The summed E-state index contributed by atoms with van der Waals surface area (Å²) < 4.78 is 27.0. The fraction of sp³-hybridized carbons (Fsp3) is 0.158. The highest BCUT2D eigenvalue weighted by molar-refractivity contribution is 7.92. The molecule has 3 aromatic rings. The summed E-state index contributed by atoms with van der Waals surface area (Å²) >= 11 is 0. The average molecular weight is 429 g/mol. The van der Waals surface area contributed by atoms with Crippen molar-refractivity contribution in [2.45, 2.75) is 13.0 Å². The van der Waals surface area contributed by atoms with Crippen LogP contribution in [0, 0.1) is 10.1 Å². The van der Waals surface area contributed by atoms with Crippen LogP contribution >= 0.6 is 0 Å². The number of hydrogen-bond donors (Lipinski definition) is 2. The topological polar surface area (TPSA) is 136 Å². The molecule has 2 N–H and O–H groups in total. The third kappa shape index (κ3) is 5.00. The number of nitrogens with zero attached hydrogens (tertiary/aromatic N) is 3. The number of rotatable bonds is 7. The number of benzene rings is 2. The standard InChI is InChI=1S/C19H19N5O5S/c1-13(17-5-3-4-6-18(17)22-30(2,28)29)21-19(25)14-11-20-23(12-14)15-7-9-16(10-8-15)24(26)27/h3-13,22H,1-2H3,(H,21,25). The smallest absolute Gasteiger partial charge is 0.269 e. The molecule has 0 saturated carbocycles. The number of sulfonamides is 1. The maximum absolute atomic E-state index is 12.6. The number of nitro groups is 1. The summed E-state index contributed by atoms with van der Waals surface area (Å²) in [6.07, 6.45) is 3.94. The minimum atomic E-state index is -3.47. The lowest BCUT2D eigenvalue weighted by atomic mass is 10.1. The Labute approximate surface area is 172 Å². The Morgan fingerprint density at radius 2 is 1.83 bits per heavy atom. The van der Waals surface area contributed by atoms with Gasteiger partial charge < -0.3 is 5.32 Å². The van der Waals surface area contributed by atoms with E-state index < -0.39 is 26.9 Å². The van der Waals surface area contributed by atoms with Gasteiger partial charge in [0.2, 0.25) is 10.0 Å². The van der Waals surface area contributed by atoms with Crippen LogP contribution < -0.4 is 10.0 Å². The highest BCUT2D eigenvalue weighted by atomic mass is 32.2. The predicted molar refractivity (Wildman–Crippen MR) is 111 cm³/mol. The van der Waals surface area contributed by atoms with E-state index >= 15 is 0 Å². The highest BCUT2D eigenvalue weighted by Crippen LogP contribution is 2.24. The predicted octanol–water partition coefficient (Wildman–Crippen LogP) is 2.64. The van der Waals surface area contributed by atoms with Gasteiger partial charge in [-0.1, -0.05) is 18.2 Å². The number of hydrogen-bond acceptors (Lipinski definition) is 6. The first-order valence-electron chi connectivity index (χ1n) is 8.81. The molecule has 2 aromatic carbocycles. The van der Waals surface area contributed by atoms with Gasteiger partial charge in [-0.2, -0.15) is 5.10 Å². The van der Waals surface area contributed by atoms with Crippen LogP contribution in [0.2, 0.25) is 0 Å². The minimum Gasteiger partial charge on any atom is -0.345 e. The quantitative estimate of drug-likeness (QED) is 0.438. The number of aromatic nitrogens is 2. The summed E-state index contributed by atoms with van der Waals surface area (Å²) in [4.78, 5) is 22.9. The molecule has 0 aliphatic rings. The molecule has 11 heteroatoms. The number of nitrogens with one attached hydrogen (secondary N) is 2. The van der Waals surface area contributed by atoms with Crippen molar-refractivity contribution in [1.29, 1.82) is 0 Å². The van der Waals surface area contributed by atoms with Crippen molar-refractivity contribution in [3.8, 4) is 5.69 Å². The Hall–Kier alpha value is -3.73. The van der Waals surface area contributed by atoms with Crippen LogP contribution in [0.3, 0.4) is 0 Å². The van der Waals surface area contributed by atoms with Crippen molar-refractivity contribution >= 4 is 27.3 Å². The lowest BCUT2D eigenvalue weighted by Crippen LogP contribution is -2.27. The molecule has 0 aliphatic carbocycles. The van der Waals surface area contributed by atoms with E-state index in [9.17, 15) is 23.3 Å². The zero-order chi connectivity index (χ0) is 21.9. The molecule has 1 amide bonds. The Morgan fingerprint density at radius 1 is 1.17 bits per heavy atom. The van der Waals surface area contributed by atoms with E-state index in [1.165, 1.54) is 41.3 Å². The van der Waals surface area contributed by atoms with E-state index in [0.29, 0.717) is 16.9 Å². The van der Waals surface area contributed by atoms with Crippen LogP contribution in [-0.2, 0) is 10.0 Å². The van der Waals surface area contributed by atoms with Crippen molar-refractivity contribution in [2.75, 3.05) is 11.0 Å². The van der Waals surface area contributed by atoms with Crippen LogP contribution in [0.25, 0.3) is 5.69 Å². The van der Waals surface area contributed by atoms with Gasteiger partial charge in [0.15, 0.2) is 0 Å². The van der Waals surface area contributed by atoms with Crippen molar-refractivity contribution < 1.29 is 18.1 Å². The second-order valence-corrected chi connectivity index (χ2v) is 8.35. The average Bonchev–Trinajstić information content (AvgIpc) is 3.17. The molecule has 0 spiro atoms. The molecule has 3 rings (SSSR count). The van der Waals surface area contributed by atoms with Crippen molar-refractivity contribution in [3.63, 3.8) is 0 Å². The lowest BCUT2D eigenvalue weighted by Gasteiger charge is -2.18. The van der Waals surface area contributed by atoms with E-state index in [-0.39, 0.29) is 11.3 Å². The zero-order valence-corrected chi connectivity index (χ0v) is 17.0. The van der Waals surface area contributed by atoms with Crippen LogP contribution in [0.5, 0.6) is 0 Å². The number of amides is 1. The maximum atomic E-state index is 12.6. The Morgan fingerprint density at radius 3 is 2.47 bits per heavy atom. The van der Waals surface area contributed by atoms with Gasteiger partial charge in [0.1, 0.15) is 0 Å². The Bertz CT molecular complexity index is 1190. The summed E-state index contributed by atoms with van der Waals surface area (Å²) in [5.41, 5.74) is 1.80. The van der Waals surface area contributed by atoms with Crippen LogP contribution in [0.1, 0.15) is 28.9 Å². The molecule has 156 valence electrons. The third-order valence-corrected chi connectivity index (χ3v) is 4.83. The highest BCUT2D eigenvalue weighted by Gasteiger charge is 2.17. The van der Waals surface area contributed by atoms with Crippen molar-refractivity contribution in [3.05, 3.63) is 82.2 Å². The van der Waals surface area contributed by atoms with Gasteiger partial charge >= 0.3 is 0 Å². The summed E-state index contributed by atoms with van der Waals surface area (Å²) in [7, 11) is -3.47. The number of carbonyl (C=O) groups excluding carboxylic acids is 1. The van der Waals surface area contributed by atoms with Gasteiger partial charge in [0, 0.05) is 18.3 Å². The molecule has 0 radical (unpaired) electrons. The van der Waals surface area contributed by atoms with Gasteiger partial charge in [-0.05, 0) is 30.7 Å². The first-order chi connectivity index (χ1) is 14.1. The van der Waals surface area contributed by atoms with Crippen LogP contribution in [0.4, 0.5) is 11.4 Å². The summed E-state index contributed by atoms with van der Waals surface area (Å²) in [6, 6.07) is 12.1. The molecule has 30 heavy (non-hydrogen) atoms. The van der Waals surface area contributed by atoms with Crippen LogP contribution in [-0.4, -0.2) is 35.3 Å². The normalized spacial score (nSPS) is 12.2. The molecular formula is C19H19N5O5S. The summed E-state index contributed by atoms with van der Waals surface area (Å²) in [6.45, 7) is 1.74. The molecule has 0 aliphatic heterocycles. The molecule has 1 unspecified atom stereocenters. The number of anilines is 1. The number of nitro benzene ring substituents is 1. The first kappa shape index (κ1) is 21.0. The zero-order valence-electron chi connectivity index (χ0n) is 16.1. The van der Waals surface area contributed by atoms with E-state index in [4.69, 9.17) is 0 Å². The van der Waals surface area contributed by atoms with Gasteiger partial charge in [-0.3, -0.25) is 19.6 Å². The summed E-state index contributed by atoms with van der Waals surface area (Å²) in [5, 5.41) is 17.7. The fourth-order valence-electron chi connectivity index (χ4n) is 2.83. The van der Waals surface area contributed by atoms with Crippen molar-refractivity contribution in [2.24, 2.45) is 0 Å². The van der Waals surface area contributed by atoms with E-state index in [0.717, 1.165) is 6.26 Å². The number of non-ortho nitro benzene ring substituents is 1. The Balaban J connectivity index is 1.75. The molecule has 1 atom stereocenters. The molecule has 0 fully saturated rings. The molecular weight excluding hydrogens is 410 g/mol. The molecule has 1 heterocycles. The maximum Gasteiger partial charge on any atom is 0.269 e. The van der Waals surface area contributed by atoms with E-state index in [1.807, 2.05) is 0 Å². The lowest BCUT2D eigenvalue weighted by molar-refractivity contribution is -0.384. The first-order valence-corrected chi connectivity index (χ1v) is 10.7. The number of para-hydroxylation sites is 1. The second-order valence-electron chi connectivity index (χ2n) is 6.60. The second kappa shape index (κ2) is 8.33. The fourth-order valence-corrected chi connectivity index (χ4v) is 3.42. The molecule has 0 saturated heterocycles. The molecule has 10 nitrogen and oxygen atoms in total. The number of carbonyl (C=O) groups is 1. The van der Waals surface area contributed by atoms with Crippen LogP contribution in [0.15, 0.2) is 60.9 Å². The van der Waals surface area contributed by atoms with Gasteiger partial charge in [-0.25, -0.2) is 13.1 Å². The van der Waals surface area contributed by atoms with Crippen molar-refractivity contribution in [1.82, 2.24) is 15.1 Å². The van der Waals surface area contributed by atoms with Gasteiger partial charge in [0.25, 0.3) is 11.6 Å². The van der Waals surface area contributed by atoms with Gasteiger partial charge in [0.05, 0.1) is 40.4 Å². The minimum absolute atomic E-state index is 0.0425. The van der Waals surface area contributed by atoms with E-state index in [1.54, 1.807) is 31.2 Å².